The molecule has 5 heteroatoms. The van der Waals surface area contributed by atoms with E-state index < -0.39 is 5.54 Å². The molecule has 0 aromatic heterocycles. The summed E-state index contributed by atoms with van der Waals surface area (Å²) in [5.74, 6) is 0. The zero-order valence-electron chi connectivity index (χ0n) is 11.0. The summed E-state index contributed by atoms with van der Waals surface area (Å²) in [6.07, 6.45) is 0. The Balaban J connectivity index is 2.62. The van der Waals surface area contributed by atoms with E-state index in [0.717, 1.165) is 11.3 Å². The molecule has 0 radical (unpaired) electrons. The molecule has 0 aliphatic carbocycles. The van der Waals surface area contributed by atoms with Gasteiger partial charge in [0.05, 0.1) is 0 Å². The number of hydrogen-bond acceptors (Lipinski definition) is 4. The van der Waals surface area contributed by atoms with E-state index in [2.05, 4.69) is 0 Å². The van der Waals surface area contributed by atoms with Gasteiger partial charge >= 0.3 is 0 Å². The van der Waals surface area contributed by atoms with Crippen LogP contribution >= 0.6 is 0 Å². The third-order valence-electron chi connectivity index (χ3n) is 3.17. The smallest absolute Gasteiger partial charge is 0.166 e. The maximum atomic E-state index is 9.21. The molecule has 0 aliphatic heterocycles. The van der Waals surface area contributed by atoms with Gasteiger partial charge in [-0.3, -0.25) is 0 Å². The van der Waals surface area contributed by atoms with Crippen molar-refractivity contribution in [2.75, 3.05) is 38.8 Å². The van der Waals surface area contributed by atoms with Crippen LogP contribution in [-0.4, -0.2) is 54.8 Å². The number of anilines is 1. The lowest BCUT2D eigenvalue weighted by molar-refractivity contribution is -0.746. The highest BCUT2D eigenvalue weighted by atomic mass is 16.3. The number of nitrogens with two attached hydrogens (primary N) is 1. The molecular weight excluding hydrogens is 232 g/mol. The highest BCUT2D eigenvalue weighted by Gasteiger charge is 2.31. The second kappa shape index (κ2) is 6.70. The number of nitrogens with zero attached hydrogens (tertiary/aromatic N) is 1. The van der Waals surface area contributed by atoms with Gasteiger partial charge in [0.2, 0.25) is 0 Å². The van der Waals surface area contributed by atoms with Gasteiger partial charge in [-0.2, -0.15) is 0 Å². The van der Waals surface area contributed by atoms with E-state index in [4.69, 9.17) is 0 Å². The molecule has 0 amide bonds. The topological polar surface area (TPSA) is 80.5 Å². The summed E-state index contributed by atoms with van der Waals surface area (Å²) in [7, 11) is 3.96. The summed E-state index contributed by atoms with van der Waals surface area (Å²) < 4.78 is 0. The van der Waals surface area contributed by atoms with Crippen molar-refractivity contribution in [1.82, 2.24) is 0 Å². The Kier molecular flexibility index (Phi) is 5.55. The van der Waals surface area contributed by atoms with Crippen molar-refractivity contribution in [3.63, 3.8) is 0 Å². The monoisotopic (exact) mass is 255 g/mol. The predicted molar refractivity (Wildman–Crippen MR) is 70.4 cm³/mol. The van der Waals surface area contributed by atoms with Crippen molar-refractivity contribution in [3.05, 3.63) is 29.8 Å². The number of aliphatic hydroxyl groups is 3. The maximum Gasteiger partial charge on any atom is 0.166 e. The molecule has 0 atom stereocenters. The molecule has 102 valence electrons. The fraction of sp³-hybridized carbons (Fsp3) is 0.538. The van der Waals surface area contributed by atoms with Gasteiger partial charge in [0.1, 0.15) is 26.4 Å². The van der Waals surface area contributed by atoms with Gasteiger partial charge in [0, 0.05) is 25.3 Å². The maximum absolute atomic E-state index is 9.21. The van der Waals surface area contributed by atoms with Gasteiger partial charge in [-0.15, -0.1) is 0 Å². The normalized spacial score (nSPS) is 11.6. The third kappa shape index (κ3) is 3.68. The Labute approximate surface area is 108 Å². The molecule has 0 saturated heterocycles. The first-order valence-corrected chi connectivity index (χ1v) is 6.00. The highest BCUT2D eigenvalue weighted by molar-refractivity contribution is 5.45. The highest BCUT2D eigenvalue weighted by Crippen LogP contribution is 2.11. The molecule has 0 fully saturated rings. The quantitative estimate of drug-likeness (QED) is 0.480. The first-order chi connectivity index (χ1) is 8.56. The van der Waals surface area contributed by atoms with Crippen LogP contribution in [0.2, 0.25) is 0 Å². The third-order valence-corrected chi connectivity index (χ3v) is 3.17. The van der Waals surface area contributed by atoms with Crippen LogP contribution in [0.1, 0.15) is 5.56 Å². The molecule has 0 spiro atoms. The summed E-state index contributed by atoms with van der Waals surface area (Å²) in [4.78, 5) is 2.02. The largest absolute Gasteiger partial charge is 0.390 e. The van der Waals surface area contributed by atoms with Crippen LogP contribution in [0.4, 0.5) is 5.69 Å². The van der Waals surface area contributed by atoms with Crippen LogP contribution in [0.25, 0.3) is 0 Å². The van der Waals surface area contributed by atoms with Crippen molar-refractivity contribution >= 4 is 5.69 Å². The Hall–Kier alpha value is -1.14. The molecule has 5 nitrogen and oxygen atoms in total. The van der Waals surface area contributed by atoms with Crippen LogP contribution in [0.3, 0.4) is 0 Å². The minimum atomic E-state index is -0.903. The van der Waals surface area contributed by atoms with Gasteiger partial charge in [-0.1, -0.05) is 12.1 Å². The molecule has 0 unspecified atom stereocenters. The summed E-state index contributed by atoms with van der Waals surface area (Å²) in [6, 6.07) is 8.04. The Bertz CT molecular complexity index is 339. The van der Waals surface area contributed by atoms with Crippen molar-refractivity contribution < 1.29 is 20.6 Å². The van der Waals surface area contributed by atoms with Crippen LogP contribution in [0, 0.1) is 0 Å². The number of rotatable bonds is 7. The first-order valence-electron chi connectivity index (χ1n) is 6.00. The summed E-state index contributed by atoms with van der Waals surface area (Å²) in [5, 5.41) is 29.4. The Morgan fingerprint density at radius 1 is 1.00 bits per heavy atom. The van der Waals surface area contributed by atoms with Gasteiger partial charge in [-0.25, -0.2) is 0 Å². The standard InChI is InChI=1S/C13H22N2O3/c1-15(2)12-5-3-11(4-6-12)7-14-13(8-16,9-17)10-18/h3-6,14,16-18H,7-10H2,1-2H3/p+1. The first kappa shape index (κ1) is 14.9. The van der Waals surface area contributed by atoms with Gasteiger partial charge < -0.3 is 25.5 Å². The van der Waals surface area contributed by atoms with E-state index in [1.54, 1.807) is 5.32 Å². The van der Waals surface area contributed by atoms with E-state index in [-0.39, 0.29) is 19.8 Å². The zero-order valence-corrected chi connectivity index (χ0v) is 11.0. The van der Waals surface area contributed by atoms with Crippen molar-refractivity contribution in [2.45, 2.75) is 12.1 Å². The number of benzene rings is 1. The minimum absolute atomic E-state index is 0.254. The van der Waals surface area contributed by atoms with Gasteiger partial charge in [0.25, 0.3) is 0 Å². The van der Waals surface area contributed by atoms with Gasteiger partial charge in [-0.05, 0) is 12.1 Å². The van der Waals surface area contributed by atoms with Crippen LogP contribution in [-0.2, 0) is 6.54 Å². The van der Waals surface area contributed by atoms with Crippen LogP contribution in [0.15, 0.2) is 24.3 Å². The average Bonchev–Trinajstić information content (AvgIpc) is 2.41. The van der Waals surface area contributed by atoms with E-state index in [0.29, 0.717) is 6.54 Å². The lowest BCUT2D eigenvalue weighted by Gasteiger charge is -2.25. The second-order valence-corrected chi connectivity index (χ2v) is 4.81. The fourth-order valence-corrected chi connectivity index (χ4v) is 1.61. The lowest BCUT2D eigenvalue weighted by atomic mass is 10.0. The van der Waals surface area contributed by atoms with E-state index in [9.17, 15) is 15.3 Å². The second-order valence-electron chi connectivity index (χ2n) is 4.81. The van der Waals surface area contributed by atoms with Crippen LogP contribution < -0.4 is 10.2 Å². The molecule has 0 saturated carbocycles. The molecule has 1 aromatic carbocycles. The van der Waals surface area contributed by atoms with Crippen LogP contribution in [0.5, 0.6) is 0 Å². The molecule has 0 bridgehead atoms. The Morgan fingerprint density at radius 3 is 1.89 bits per heavy atom. The molecule has 0 aliphatic rings. The SMILES string of the molecule is CN(C)c1ccc(C[NH2+]C(CO)(CO)CO)cc1. The summed E-state index contributed by atoms with van der Waals surface area (Å²) in [5.41, 5.74) is 1.30. The summed E-state index contributed by atoms with van der Waals surface area (Å²) >= 11 is 0. The molecular formula is C13H23N2O3+. The lowest BCUT2D eigenvalue weighted by Crippen LogP contribution is -2.99. The number of quaternary nitrogens is 1. The number of aliphatic hydroxyl groups excluding tert-OH is 3. The van der Waals surface area contributed by atoms with E-state index >= 15 is 0 Å². The number of hydrogen-bond donors (Lipinski definition) is 4. The van der Waals surface area contributed by atoms with Crippen molar-refractivity contribution in [2.24, 2.45) is 0 Å². The van der Waals surface area contributed by atoms with Gasteiger partial charge in [0.15, 0.2) is 5.54 Å². The molecule has 18 heavy (non-hydrogen) atoms. The molecule has 1 rings (SSSR count). The molecule has 0 heterocycles. The van der Waals surface area contributed by atoms with E-state index in [1.165, 1.54) is 0 Å². The minimum Gasteiger partial charge on any atom is -0.390 e. The van der Waals surface area contributed by atoms with Crippen molar-refractivity contribution in [3.8, 4) is 0 Å². The van der Waals surface area contributed by atoms with Crippen molar-refractivity contribution in [1.29, 1.82) is 0 Å². The Morgan fingerprint density at radius 2 is 1.50 bits per heavy atom. The average molecular weight is 255 g/mol. The molecule has 5 N–H and O–H groups in total. The fourth-order valence-electron chi connectivity index (χ4n) is 1.61. The molecule has 1 aromatic rings. The predicted octanol–water partition coefficient (Wildman–Crippen LogP) is -1.47. The van der Waals surface area contributed by atoms with E-state index in [1.807, 2.05) is 43.3 Å². The summed E-state index contributed by atoms with van der Waals surface area (Å²) in [6.45, 7) is -0.156. The zero-order chi connectivity index (χ0) is 13.6.